The Morgan fingerprint density at radius 1 is 0.967 bits per heavy atom. The highest BCUT2D eigenvalue weighted by atomic mass is 16.6. The Labute approximate surface area is 170 Å². The summed E-state index contributed by atoms with van der Waals surface area (Å²) < 4.78 is 1.25. The number of nitro benzene ring substituents is 1. The van der Waals surface area contributed by atoms with Gasteiger partial charge in [-0.3, -0.25) is 19.5 Å². The van der Waals surface area contributed by atoms with Crippen molar-refractivity contribution < 1.29 is 4.92 Å². The largest absolute Gasteiger partial charge is 0.293 e. The Bertz CT molecular complexity index is 1400. The first-order valence-electron chi connectivity index (χ1n) is 9.02. The predicted molar refractivity (Wildman–Crippen MR) is 114 cm³/mol. The molecule has 0 N–H and O–H groups in total. The number of nitriles is 1. The molecule has 0 atom stereocenters. The normalized spacial score (nSPS) is 10.9. The van der Waals surface area contributed by atoms with Crippen molar-refractivity contribution in [2.75, 3.05) is 0 Å². The van der Waals surface area contributed by atoms with Crippen LogP contribution in [0.25, 0.3) is 28.7 Å². The van der Waals surface area contributed by atoms with Crippen LogP contribution in [0.5, 0.6) is 0 Å². The molecule has 30 heavy (non-hydrogen) atoms. The molecule has 0 aliphatic heterocycles. The van der Waals surface area contributed by atoms with Gasteiger partial charge in [0.15, 0.2) is 0 Å². The summed E-state index contributed by atoms with van der Waals surface area (Å²) in [6.45, 7) is 0. The van der Waals surface area contributed by atoms with Gasteiger partial charge in [-0.05, 0) is 42.0 Å². The van der Waals surface area contributed by atoms with Gasteiger partial charge in [-0.1, -0.05) is 42.5 Å². The number of benzene rings is 3. The summed E-state index contributed by atoms with van der Waals surface area (Å²) in [4.78, 5) is 28.8. The van der Waals surface area contributed by atoms with Gasteiger partial charge in [-0.2, -0.15) is 5.26 Å². The fourth-order valence-corrected chi connectivity index (χ4v) is 3.14. The van der Waals surface area contributed by atoms with Gasteiger partial charge in [-0.15, -0.1) is 0 Å². The van der Waals surface area contributed by atoms with Crippen LogP contribution in [0.3, 0.4) is 0 Å². The van der Waals surface area contributed by atoms with Crippen LogP contribution in [0.2, 0.25) is 0 Å². The SMILES string of the molecule is N#Cc1ccc(/C=C/c2nc3ccccc3c(=O)n2-c2ccccc2[N+](=O)[O-])cc1. The van der Waals surface area contributed by atoms with E-state index in [0.29, 0.717) is 16.5 Å². The van der Waals surface area contributed by atoms with Gasteiger partial charge in [0.1, 0.15) is 11.5 Å². The summed E-state index contributed by atoms with van der Waals surface area (Å²) in [6, 6.07) is 21.9. The second kappa shape index (κ2) is 7.81. The number of aromatic nitrogens is 2. The maximum Gasteiger partial charge on any atom is 0.293 e. The van der Waals surface area contributed by atoms with Gasteiger partial charge in [-0.25, -0.2) is 4.98 Å². The van der Waals surface area contributed by atoms with E-state index < -0.39 is 10.5 Å². The van der Waals surface area contributed by atoms with E-state index in [1.165, 1.54) is 16.7 Å². The van der Waals surface area contributed by atoms with Crippen LogP contribution in [-0.2, 0) is 0 Å². The summed E-state index contributed by atoms with van der Waals surface area (Å²) >= 11 is 0. The standard InChI is InChI=1S/C23H14N4O3/c24-15-17-11-9-16(10-12-17)13-14-22-25-19-6-2-1-5-18(19)23(28)26(22)20-7-3-4-8-21(20)27(29)30/h1-14H/b14-13+. The van der Waals surface area contributed by atoms with Crippen molar-refractivity contribution in [1.82, 2.24) is 9.55 Å². The van der Waals surface area contributed by atoms with Gasteiger partial charge in [0.25, 0.3) is 11.2 Å². The maximum absolute atomic E-state index is 13.2. The second-order valence-corrected chi connectivity index (χ2v) is 6.44. The summed E-state index contributed by atoms with van der Waals surface area (Å²) in [6.07, 6.45) is 3.37. The molecule has 7 heteroatoms. The summed E-state index contributed by atoms with van der Waals surface area (Å²) in [5.74, 6) is 0.261. The smallest absolute Gasteiger partial charge is 0.268 e. The van der Waals surface area contributed by atoms with E-state index in [1.54, 1.807) is 72.8 Å². The van der Waals surface area contributed by atoms with E-state index >= 15 is 0 Å². The first-order valence-corrected chi connectivity index (χ1v) is 9.02. The van der Waals surface area contributed by atoms with Gasteiger partial charge < -0.3 is 0 Å². The molecule has 0 saturated heterocycles. The van der Waals surface area contributed by atoms with Crippen LogP contribution in [0.1, 0.15) is 17.0 Å². The van der Waals surface area contributed by atoms with Gasteiger partial charge >= 0.3 is 0 Å². The Morgan fingerprint density at radius 2 is 1.67 bits per heavy atom. The van der Waals surface area contributed by atoms with Crippen LogP contribution >= 0.6 is 0 Å². The lowest BCUT2D eigenvalue weighted by Gasteiger charge is -2.11. The average molecular weight is 394 g/mol. The molecule has 1 aromatic heterocycles. The molecule has 0 bridgehead atoms. The third kappa shape index (κ3) is 3.45. The first kappa shape index (κ1) is 18.8. The number of hydrogen-bond donors (Lipinski definition) is 0. The Balaban J connectivity index is 1.96. The van der Waals surface area contributed by atoms with Crippen LogP contribution in [-0.4, -0.2) is 14.5 Å². The van der Waals surface area contributed by atoms with E-state index in [9.17, 15) is 14.9 Å². The van der Waals surface area contributed by atoms with E-state index in [0.717, 1.165) is 5.56 Å². The number of para-hydroxylation sites is 3. The van der Waals surface area contributed by atoms with E-state index in [4.69, 9.17) is 5.26 Å². The summed E-state index contributed by atoms with van der Waals surface area (Å²) in [5.41, 5.74) is 1.39. The zero-order valence-corrected chi connectivity index (χ0v) is 15.6. The Morgan fingerprint density at radius 3 is 2.40 bits per heavy atom. The molecule has 0 fully saturated rings. The molecule has 0 aliphatic rings. The minimum atomic E-state index is -0.523. The Hall–Kier alpha value is -4.57. The van der Waals surface area contributed by atoms with Crippen molar-refractivity contribution in [2.24, 2.45) is 0 Å². The molecular formula is C23H14N4O3. The van der Waals surface area contributed by atoms with Crippen LogP contribution < -0.4 is 5.56 Å². The average Bonchev–Trinajstić information content (AvgIpc) is 2.78. The number of rotatable bonds is 4. The molecule has 0 saturated carbocycles. The third-order valence-corrected chi connectivity index (χ3v) is 4.59. The minimum Gasteiger partial charge on any atom is -0.268 e. The zero-order chi connectivity index (χ0) is 21.1. The van der Waals surface area contributed by atoms with Crippen molar-refractivity contribution in [3.63, 3.8) is 0 Å². The molecule has 144 valence electrons. The fourth-order valence-electron chi connectivity index (χ4n) is 3.14. The zero-order valence-electron chi connectivity index (χ0n) is 15.6. The van der Waals surface area contributed by atoms with E-state index in [2.05, 4.69) is 11.1 Å². The summed E-state index contributed by atoms with van der Waals surface area (Å²) in [7, 11) is 0. The topological polar surface area (TPSA) is 102 Å². The number of hydrogen-bond acceptors (Lipinski definition) is 5. The van der Waals surface area contributed by atoms with Gasteiger partial charge in [0, 0.05) is 6.07 Å². The quantitative estimate of drug-likeness (QED) is 0.378. The fraction of sp³-hybridized carbons (Fsp3) is 0. The van der Waals surface area contributed by atoms with Crippen molar-refractivity contribution in [2.45, 2.75) is 0 Å². The van der Waals surface area contributed by atoms with Crippen LogP contribution in [0, 0.1) is 21.4 Å². The lowest BCUT2D eigenvalue weighted by Crippen LogP contribution is -2.23. The number of nitrogens with zero attached hydrogens (tertiary/aromatic N) is 4. The van der Waals surface area contributed by atoms with Crippen LogP contribution in [0.15, 0.2) is 77.6 Å². The predicted octanol–water partition coefficient (Wildman–Crippen LogP) is 4.34. The highest BCUT2D eigenvalue weighted by Crippen LogP contribution is 2.24. The van der Waals surface area contributed by atoms with Crippen LogP contribution in [0.4, 0.5) is 5.69 Å². The molecule has 0 spiro atoms. The van der Waals surface area contributed by atoms with Gasteiger partial charge in [0.2, 0.25) is 0 Å². The summed E-state index contributed by atoms with van der Waals surface area (Å²) in [5, 5.41) is 20.8. The van der Waals surface area contributed by atoms with Crippen molar-refractivity contribution in [3.05, 3.63) is 110 Å². The van der Waals surface area contributed by atoms with Crippen molar-refractivity contribution in [3.8, 4) is 11.8 Å². The monoisotopic (exact) mass is 394 g/mol. The highest BCUT2D eigenvalue weighted by molar-refractivity contribution is 5.80. The molecule has 0 unspecified atom stereocenters. The lowest BCUT2D eigenvalue weighted by atomic mass is 10.1. The number of nitro groups is 1. The molecule has 0 amide bonds. The van der Waals surface area contributed by atoms with Crippen molar-refractivity contribution in [1.29, 1.82) is 5.26 Å². The molecule has 0 radical (unpaired) electrons. The van der Waals surface area contributed by atoms with E-state index in [-0.39, 0.29) is 17.2 Å². The molecule has 1 heterocycles. The molecule has 0 aliphatic carbocycles. The Kier molecular flexibility index (Phi) is 4.89. The lowest BCUT2D eigenvalue weighted by molar-refractivity contribution is -0.384. The molecular weight excluding hydrogens is 380 g/mol. The van der Waals surface area contributed by atoms with Gasteiger partial charge in [0.05, 0.1) is 27.5 Å². The molecule has 4 rings (SSSR count). The third-order valence-electron chi connectivity index (χ3n) is 4.59. The number of fused-ring (bicyclic) bond motifs is 1. The van der Waals surface area contributed by atoms with Crippen molar-refractivity contribution >= 4 is 28.7 Å². The minimum absolute atomic E-state index is 0.144. The molecule has 3 aromatic carbocycles. The molecule has 7 nitrogen and oxygen atoms in total. The maximum atomic E-state index is 13.2. The highest BCUT2D eigenvalue weighted by Gasteiger charge is 2.19. The van der Waals surface area contributed by atoms with E-state index in [1.807, 2.05) is 0 Å². The molecule has 4 aromatic rings. The first-order chi connectivity index (χ1) is 14.6. The second-order valence-electron chi connectivity index (χ2n) is 6.44.